The minimum Gasteiger partial charge on any atom is -0.372 e. The lowest BCUT2D eigenvalue weighted by molar-refractivity contribution is 0.134. The number of rotatable bonds is 3. The normalized spacial score (nSPS) is 15.7. The molecule has 2 heterocycles. The fraction of sp³-hybridized carbons (Fsp3) is 0.417. The summed E-state index contributed by atoms with van der Waals surface area (Å²) in [5, 5.41) is 15.0. The van der Waals surface area contributed by atoms with Crippen LogP contribution in [0.25, 0.3) is 5.69 Å². The summed E-state index contributed by atoms with van der Waals surface area (Å²) >= 11 is 0. The topological polar surface area (TPSA) is 64.9 Å². The smallest absolute Gasteiger partial charge is 0.173 e. The first kappa shape index (κ1) is 11.3. The number of aromatic nitrogens is 4. The van der Waals surface area contributed by atoms with E-state index in [-0.39, 0.29) is 6.04 Å². The van der Waals surface area contributed by atoms with Crippen LogP contribution in [0.4, 0.5) is 0 Å². The predicted octanol–water partition coefficient (Wildman–Crippen LogP) is 0.973. The summed E-state index contributed by atoms with van der Waals surface area (Å²) in [6.07, 6.45) is 0. The maximum absolute atomic E-state index is 5.41. The van der Waals surface area contributed by atoms with Crippen LogP contribution >= 0.6 is 0 Å². The van der Waals surface area contributed by atoms with E-state index < -0.39 is 0 Å². The van der Waals surface area contributed by atoms with Gasteiger partial charge in [0, 0.05) is 0 Å². The molecule has 1 N–H and O–H groups in total. The average molecular weight is 245 g/mol. The average Bonchev–Trinajstić information content (AvgIpc) is 3.05. The minimum atomic E-state index is 0.101. The van der Waals surface area contributed by atoms with Crippen molar-refractivity contribution in [3.63, 3.8) is 0 Å². The molecule has 6 nitrogen and oxygen atoms in total. The Morgan fingerprint density at radius 3 is 3.00 bits per heavy atom. The van der Waals surface area contributed by atoms with Crippen LogP contribution in [-0.2, 0) is 18.0 Å². The molecule has 2 aromatic rings. The molecule has 0 amide bonds. The Morgan fingerprint density at radius 1 is 1.33 bits per heavy atom. The van der Waals surface area contributed by atoms with Crippen molar-refractivity contribution >= 4 is 0 Å². The minimum absolute atomic E-state index is 0.101. The molecule has 0 radical (unpaired) electrons. The van der Waals surface area contributed by atoms with Gasteiger partial charge in [0.05, 0.1) is 24.9 Å². The van der Waals surface area contributed by atoms with Crippen LogP contribution in [0.5, 0.6) is 0 Å². The van der Waals surface area contributed by atoms with Crippen LogP contribution in [0, 0.1) is 0 Å². The Morgan fingerprint density at radius 2 is 2.17 bits per heavy atom. The van der Waals surface area contributed by atoms with Gasteiger partial charge in [-0.05, 0) is 47.7 Å². The van der Waals surface area contributed by atoms with Crippen LogP contribution in [0.1, 0.15) is 29.9 Å². The van der Waals surface area contributed by atoms with Crippen LogP contribution in [-0.4, -0.2) is 27.3 Å². The van der Waals surface area contributed by atoms with Crippen molar-refractivity contribution in [2.75, 3.05) is 7.05 Å². The van der Waals surface area contributed by atoms with E-state index in [4.69, 9.17) is 4.74 Å². The zero-order valence-electron chi connectivity index (χ0n) is 10.4. The van der Waals surface area contributed by atoms with E-state index in [2.05, 4.69) is 33.0 Å². The van der Waals surface area contributed by atoms with Crippen LogP contribution in [0.3, 0.4) is 0 Å². The Bertz CT molecular complexity index is 565. The summed E-state index contributed by atoms with van der Waals surface area (Å²) in [5.41, 5.74) is 3.43. The van der Waals surface area contributed by atoms with Crippen molar-refractivity contribution in [3.05, 3.63) is 35.2 Å². The first-order chi connectivity index (χ1) is 8.79. The highest BCUT2D eigenvalue weighted by Crippen LogP contribution is 2.23. The molecule has 0 saturated carbocycles. The highest BCUT2D eigenvalue weighted by Gasteiger charge is 2.17. The highest BCUT2D eigenvalue weighted by atomic mass is 16.5. The Balaban J connectivity index is 2.02. The molecule has 1 aromatic heterocycles. The first-order valence-corrected chi connectivity index (χ1v) is 5.95. The van der Waals surface area contributed by atoms with Gasteiger partial charge in [0.15, 0.2) is 5.82 Å². The van der Waals surface area contributed by atoms with E-state index in [1.807, 2.05) is 20.0 Å². The molecular weight excluding hydrogens is 230 g/mol. The second kappa shape index (κ2) is 4.47. The SMILES string of the molecule is CNC(C)c1nnnn1-c1ccc2c(c1)COC2. The second-order valence-electron chi connectivity index (χ2n) is 4.41. The molecule has 3 rings (SSSR count). The lowest BCUT2D eigenvalue weighted by Crippen LogP contribution is -2.17. The molecular formula is C12H15N5O. The first-order valence-electron chi connectivity index (χ1n) is 5.95. The fourth-order valence-electron chi connectivity index (χ4n) is 2.07. The van der Waals surface area contributed by atoms with Crippen LogP contribution in [0.15, 0.2) is 18.2 Å². The second-order valence-corrected chi connectivity index (χ2v) is 4.41. The third-order valence-electron chi connectivity index (χ3n) is 3.26. The maximum Gasteiger partial charge on any atom is 0.173 e. The summed E-state index contributed by atoms with van der Waals surface area (Å²) in [4.78, 5) is 0. The maximum atomic E-state index is 5.41. The van der Waals surface area contributed by atoms with Gasteiger partial charge in [-0.3, -0.25) is 0 Å². The van der Waals surface area contributed by atoms with Gasteiger partial charge in [-0.25, -0.2) is 0 Å². The molecule has 18 heavy (non-hydrogen) atoms. The van der Waals surface area contributed by atoms with Crippen molar-refractivity contribution in [2.45, 2.75) is 26.2 Å². The lowest BCUT2D eigenvalue weighted by atomic mass is 10.1. The molecule has 6 heteroatoms. The van der Waals surface area contributed by atoms with Crippen molar-refractivity contribution in [2.24, 2.45) is 0 Å². The van der Waals surface area contributed by atoms with Gasteiger partial charge < -0.3 is 10.1 Å². The van der Waals surface area contributed by atoms with E-state index in [0.717, 1.165) is 11.5 Å². The van der Waals surface area contributed by atoms with E-state index in [9.17, 15) is 0 Å². The van der Waals surface area contributed by atoms with Crippen molar-refractivity contribution in [1.29, 1.82) is 0 Å². The molecule has 1 aromatic carbocycles. The Hall–Kier alpha value is -1.79. The summed E-state index contributed by atoms with van der Waals surface area (Å²) in [7, 11) is 1.89. The number of benzene rings is 1. The summed E-state index contributed by atoms with van der Waals surface area (Å²) in [6, 6.07) is 6.29. The van der Waals surface area contributed by atoms with Crippen molar-refractivity contribution < 1.29 is 4.74 Å². The van der Waals surface area contributed by atoms with Gasteiger partial charge in [0.2, 0.25) is 0 Å². The van der Waals surface area contributed by atoms with Gasteiger partial charge in [-0.15, -0.1) is 5.10 Å². The number of nitrogens with zero attached hydrogens (tertiary/aromatic N) is 4. The number of hydrogen-bond acceptors (Lipinski definition) is 5. The Kier molecular flexibility index (Phi) is 2.81. The monoisotopic (exact) mass is 245 g/mol. The van der Waals surface area contributed by atoms with Gasteiger partial charge in [0.1, 0.15) is 0 Å². The van der Waals surface area contributed by atoms with E-state index in [0.29, 0.717) is 13.2 Å². The van der Waals surface area contributed by atoms with Crippen LogP contribution < -0.4 is 5.32 Å². The summed E-state index contributed by atoms with van der Waals surface area (Å²) in [6.45, 7) is 3.39. The molecule has 0 bridgehead atoms. The molecule has 1 aliphatic rings. The number of tetrazole rings is 1. The van der Waals surface area contributed by atoms with Gasteiger partial charge in [0.25, 0.3) is 0 Å². The number of nitrogens with one attached hydrogen (secondary N) is 1. The van der Waals surface area contributed by atoms with Gasteiger partial charge >= 0.3 is 0 Å². The molecule has 1 unspecified atom stereocenters. The number of fused-ring (bicyclic) bond motifs is 1. The third kappa shape index (κ3) is 1.79. The van der Waals surface area contributed by atoms with Crippen molar-refractivity contribution in [3.8, 4) is 5.69 Å². The predicted molar refractivity (Wildman–Crippen MR) is 65.1 cm³/mol. The zero-order chi connectivity index (χ0) is 12.5. The highest BCUT2D eigenvalue weighted by molar-refractivity contribution is 5.41. The third-order valence-corrected chi connectivity index (χ3v) is 3.26. The largest absolute Gasteiger partial charge is 0.372 e. The zero-order valence-corrected chi connectivity index (χ0v) is 10.4. The molecule has 0 fully saturated rings. The van der Waals surface area contributed by atoms with E-state index in [1.165, 1.54) is 11.1 Å². The van der Waals surface area contributed by atoms with E-state index >= 15 is 0 Å². The standard InChI is InChI=1S/C12H15N5O/c1-8(13-2)12-14-15-16-17(12)11-4-3-9-6-18-7-10(9)5-11/h3-5,8,13H,6-7H2,1-2H3. The van der Waals surface area contributed by atoms with Gasteiger partial charge in [-0.1, -0.05) is 6.07 Å². The fourth-order valence-corrected chi connectivity index (χ4v) is 2.07. The van der Waals surface area contributed by atoms with E-state index in [1.54, 1.807) is 4.68 Å². The van der Waals surface area contributed by atoms with Crippen molar-refractivity contribution in [1.82, 2.24) is 25.5 Å². The molecule has 1 atom stereocenters. The number of ether oxygens (including phenoxy) is 1. The Labute approximate surface area is 105 Å². The lowest BCUT2D eigenvalue weighted by Gasteiger charge is -2.10. The quantitative estimate of drug-likeness (QED) is 0.873. The molecule has 1 aliphatic heterocycles. The molecule has 0 saturated heterocycles. The molecule has 0 aliphatic carbocycles. The summed E-state index contributed by atoms with van der Waals surface area (Å²) < 4.78 is 7.18. The van der Waals surface area contributed by atoms with Gasteiger partial charge in [-0.2, -0.15) is 4.68 Å². The van der Waals surface area contributed by atoms with Crippen LogP contribution in [0.2, 0.25) is 0 Å². The molecule has 0 spiro atoms. The molecule has 94 valence electrons. The number of hydrogen-bond donors (Lipinski definition) is 1. The summed E-state index contributed by atoms with van der Waals surface area (Å²) in [5.74, 6) is 0.802.